The van der Waals surface area contributed by atoms with Gasteiger partial charge >= 0.3 is 12.1 Å². The summed E-state index contributed by atoms with van der Waals surface area (Å²) >= 11 is 0. The summed E-state index contributed by atoms with van der Waals surface area (Å²) in [5.41, 5.74) is 2.17. The molecule has 1 aromatic carbocycles. The van der Waals surface area contributed by atoms with Gasteiger partial charge in [0.1, 0.15) is 0 Å². The molecule has 1 aromatic rings. The first-order valence-electron chi connectivity index (χ1n) is 10.9. The average Bonchev–Trinajstić information content (AvgIpc) is 2.74. The molecule has 1 saturated carbocycles. The SMILES string of the molecule is O=C(O)NCCc1ccc(NC2CCN(C(=O)NCC3CCCCC3)CC2)cc1. The maximum absolute atomic E-state index is 12.4. The van der Waals surface area contributed by atoms with Crippen LogP contribution < -0.4 is 16.0 Å². The van der Waals surface area contributed by atoms with Gasteiger partial charge in [-0.15, -0.1) is 0 Å². The molecular formula is C22H34N4O3. The number of nitrogens with one attached hydrogen (secondary N) is 3. The molecule has 1 heterocycles. The predicted octanol–water partition coefficient (Wildman–Crippen LogP) is 3.66. The summed E-state index contributed by atoms with van der Waals surface area (Å²) in [5, 5.41) is 17.7. The number of amides is 3. The molecule has 3 rings (SSSR count). The number of carbonyl (C=O) groups excluding carboxylic acids is 1. The van der Waals surface area contributed by atoms with E-state index in [0.717, 1.165) is 43.7 Å². The lowest BCUT2D eigenvalue weighted by Gasteiger charge is -2.33. The van der Waals surface area contributed by atoms with Crippen molar-refractivity contribution in [2.24, 2.45) is 5.92 Å². The first-order valence-corrected chi connectivity index (χ1v) is 10.9. The highest BCUT2D eigenvalue weighted by Crippen LogP contribution is 2.23. The Morgan fingerprint density at radius 3 is 2.31 bits per heavy atom. The van der Waals surface area contributed by atoms with Crippen LogP contribution in [-0.4, -0.2) is 54.4 Å². The molecule has 0 aromatic heterocycles. The maximum atomic E-state index is 12.4. The molecule has 2 fully saturated rings. The number of nitrogens with zero attached hydrogens (tertiary/aromatic N) is 1. The van der Waals surface area contributed by atoms with Gasteiger partial charge in [0.25, 0.3) is 0 Å². The largest absolute Gasteiger partial charge is 0.465 e. The number of benzene rings is 1. The van der Waals surface area contributed by atoms with Crippen LogP contribution >= 0.6 is 0 Å². The Labute approximate surface area is 173 Å². The number of hydrogen-bond acceptors (Lipinski definition) is 3. The molecule has 160 valence electrons. The van der Waals surface area contributed by atoms with Gasteiger partial charge in [-0.25, -0.2) is 9.59 Å². The standard InChI is InChI=1S/C22H34N4O3/c27-21(24-16-18-4-2-1-3-5-18)26-14-11-20(12-15-26)25-19-8-6-17(7-9-19)10-13-23-22(28)29/h6-9,18,20,23,25H,1-5,10-16H2,(H,24,27)(H,28,29). The summed E-state index contributed by atoms with van der Waals surface area (Å²) in [6.45, 7) is 2.81. The fourth-order valence-electron chi connectivity index (χ4n) is 4.28. The van der Waals surface area contributed by atoms with Crippen molar-refractivity contribution in [1.82, 2.24) is 15.5 Å². The van der Waals surface area contributed by atoms with Crippen molar-refractivity contribution in [3.05, 3.63) is 29.8 Å². The second kappa shape index (κ2) is 10.9. The molecule has 0 unspecified atom stereocenters. The van der Waals surface area contributed by atoms with Gasteiger partial charge in [0.05, 0.1) is 0 Å². The Bertz CT molecular complexity index is 651. The van der Waals surface area contributed by atoms with Gasteiger partial charge in [0.15, 0.2) is 0 Å². The molecular weight excluding hydrogens is 368 g/mol. The van der Waals surface area contributed by atoms with Crippen LogP contribution in [0.2, 0.25) is 0 Å². The van der Waals surface area contributed by atoms with Crippen molar-refractivity contribution in [3.8, 4) is 0 Å². The quantitative estimate of drug-likeness (QED) is 0.560. The maximum Gasteiger partial charge on any atom is 0.404 e. The Hall–Kier alpha value is -2.44. The minimum Gasteiger partial charge on any atom is -0.465 e. The summed E-state index contributed by atoms with van der Waals surface area (Å²) in [4.78, 5) is 24.9. The lowest BCUT2D eigenvalue weighted by Crippen LogP contribution is -2.47. The fraction of sp³-hybridized carbons (Fsp3) is 0.636. The van der Waals surface area contributed by atoms with E-state index in [1.807, 2.05) is 29.2 Å². The van der Waals surface area contributed by atoms with Gasteiger partial charge in [0.2, 0.25) is 0 Å². The Morgan fingerprint density at radius 2 is 1.66 bits per heavy atom. The molecule has 0 spiro atoms. The van der Waals surface area contributed by atoms with E-state index < -0.39 is 6.09 Å². The minimum atomic E-state index is -0.989. The van der Waals surface area contributed by atoms with Crippen LogP contribution in [0.5, 0.6) is 0 Å². The Kier molecular flexibility index (Phi) is 8.02. The van der Waals surface area contributed by atoms with E-state index >= 15 is 0 Å². The number of piperidine rings is 1. The second-order valence-corrected chi connectivity index (χ2v) is 8.27. The van der Waals surface area contributed by atoms with Crippen molar-refractivity contribution in [2.45, 2.75) is 57.4 Å². The highest BCUT2D eigenvalue weighted by molar-refractivity contribution is 5.74. The monoisotopic (exact) mass is 402 g/mol. The molecule has 1 aliphatic carbocycles. The number of urea groups is 1. The van der Waals surface area contributed by atoms with Crippen LogP contribution in [0.1, 0.15) is 50.5 Å². The molecule has 7 nitrogen and oxygen atoms in total. The molecule has 29 heavy (non-hydrogen) atoms. The summed E-state index contributed by atoms with van der Waals surface area (Å²) in [5.74, 6) is 0.662. The van der Waals surface area contributed by atoms with Crippen LogP contribution in [0.4, 0.5) is 15.3 Å². The molecule has 7 heteroatoms. The number of hydrogen-bond donors (Lipinski definition) is 4. The molecule has 3 amide bonds. The average molecular weight is 403 g/mol. The number of likely N-dealkylation sites (tertiary alicyclic amines) is 1. The van der Waals surface area contributed by atoms with Crippen LogP contribution in [0.15, 0.2) is 24.3 Å². The third kappa shape index (κ3) is 7.15. The topological polar surface area (TPSA) is 93.7 Å². The second-order valence-electron chi connectivity index (χ2n) is 8.27. The van der Waals surface area contributed by atoms with E-state index in [1.54, 1.807) is 0 Å². The first-order chi connectivity index (χ1) is 14.1. The Morgan fingerprint density at radius 1 is 0.966 bits per heavy atom. The van der Waals surface area contributed by atoms with Gasteiger partial charge in [-0.2, -0.15) is 0 Å². The van der Waals surface area contributed by atoms with E-state index in [0.29, 0.717) is 24.9 Å². The fourth-order valence-corrected chi connectivity index (χ4v) is 4.28. The van der Waals surface area contributed by atoms with Crippen LogP contribution in [0.3, 0.4) is 0 Å². The highest BCUT2D eigenvalue weighted by Gasteiger charge is 2.23. The summed E-state index contributed by atoms with van der Waals surface area (Å²) in [6.07, 6.45) is 8.04. The lowest BCUT2D eigenvalue weighted by molar-refractivity contribution is 0.180. The van der Waals surface area contributed by atoms with Crippen molar-refractivity contribution in [1.29, 1.82) is 0 Å². The number of carbonyl (C=O) groups is 2. The zero-order valence-electron chi connectivity index (χ0n) is 17.2. The van der Waals surface area contributed by atoms with E-state index in [2.05, 4.69) is 16.0 Å². The van der Waals surface area contributed by atoms with Gasteiger partial charge in [-0.1, -0.05) is 31.4 Å². The third-order valence-corrected chi connectivity index (χ3v) is 6.06. The van der Waals surface area contributed by atoms with Gasteiger partial charge in [-0.05, 0) is 55.7 Å². The molecule has 1 aliphatic heterocycles. The Balaban J connectivity index is 1.34. The molecule has 0 atom stereocenters. The van der Waals surface area contributed by atoms with Crippen molar-refractivity contribution in [2.75, 3.05) is 31.5 Å². The van der Waals surface area contributed by atoms with E-state index in [9.17, 15) is 9.59 Å². The van der Waals surface area contributed by atoms with Crippen molar-refractivity contribution < 1.29 is 14.7 Å². The summed E-state index contributed by atoms with van der Waals surface area (Å²) in [6, 6.07) is 8.60. The number of rotatable bonds is 7. The minimum absolute atomic E-state index is 0.0911. The van der Waals surface area contributed by atoms with Gasteiger partial charge < -0.3 is 26.0 Å². The van der Waals surface area contributed by atoms with Crippen LogP contribution in [0.25, 0.3) is 0 Å². The summed E-state index contributed by atoms with van der Waals surface area (Å²) < 4.78 is 0. The molecule has 0 bridgehead atoms. The molecule has 4 N–H and O–H groups in total. The molecule has 2 aliphatic rings. The smallest absolute Gasteiger partial charge is 0.404 e. The number of anilines is 1. The molecule has 0 radical (unpaired) electrons. The van der Waals surface area contributed by atoms with Crippen LogP contribution in [-0.2, 0) is 6.42 Å². The van der Waals surface area contributed by atoms with Crippen molar-refractivity contribution in [3.63, 3.8) is 0 Å². The lowest BCUT2D eigenvalue weighted by atomic mass is 9.89. The van der Waals surface area contributed by atoms with Crippen LogP contribution in [0, 0.1) is 5.92 Å². The highest BCUT2D eigenvalue weighted by atomic mass is 16.4. The van der Waals surface area contributed by atoms with Gasteiger partial charge in [-0.3, -0.25) is 0 Å². The normalized spacial score (nSPS) is 18.3. The zero-order chi connectivity index (χ0) is 20.5. The van der Waals surface area contributed by atoms with Gasteiger partial charge in [0, 0.05) is 37.9 Å². The van der Waals surface area contributed by atoms with E-state index in [1.165, 1.54) is 32.1 Å². The van der Waals surface area contributed by atoms with Crippen molar-refractivity contribution >= 4 is 17.8 Å². The predicted molar refractivity (Wildman–Crippen MR) is 114 cm³/mol. The molecule has 1 saturated heterocycles. The number of carboxylic acid groups (broad SMARTS) is 1. The summed E-state index contributed by atoms with van der Waals surface area (Å²) in [7, 11) is 0. The third-order valence-electron chi connectivity index (χ3n) is 6.06. The zero-order valence-corrected chi connectivity index (χ0v) is 17.2. The van der Waals surface area contributed by atoms with E-state index in [-0.39, 0.29) is 6.03 Å². The van der Waals surface area contributed by atoms with E-state index in [4.69, 9.17) is 5.11 Å². The first kappa shape index (κ1) is 21.3.